The fraction of sp³-hybridized carbons (Fsp3) is 0.222. The summed E-state index contributed by atoms with van der Waals surface area (Å²) in [7, 11) is 0. The molecule has 0 fully saturated rings. The quantitative estimate of drug-likeness (QED) is 0.200. The number of carboxylic acid groups (broad SMARTS) is 1. The average Bonchev–Trinajstić information content (AvgIpc) is 3.12. The normalized spacial score (nSPS) is 11.6. The lowest BCUT2D eigenvalue weighted by Crippen LogP contribution is -2.12. The summed E-state index contributed by atoms with van der Waals surface area (Å²) in [4.78, 5) is 12.2. The number of unbranched alkanes of at least 4 members (excludes halogenated alkanes) is 1. The van der Waals surface area contributed by atoms with Gasteiger partial charge in [0.15, 0.2) is 0 Å². The molecule has 0 aliphatic carbocycles. The van der Waals surface area contributed by atoms with Gasteiger partial charge in [-0.2, -0.15) is 0 Å². The summed E-state index contributed by atoms with van der Waals surface area (Å²) in [5, 5.41) is 12.7. The summed E-state index contributed by atoms with van der Waals surface area (Å²) in [6.45, 7) is 0.860. The standard InChI is InChI=1S/C27H25ClFNO3/c28-15-5-1-2-11-22-23-18-20(29)13-14-24(23)30(26(22)27(31)32)16-7-17-33-25-12-6-9-19-8-3-4-10-21(19)25/h2-4,6,8-14,18H,1,5,7,15-17H2,(H,31,32)/b11-2+. The molecule has 4 aromatic rings. The number of ether oxygens (including phenoxy) is 1. The van der Waals surface area contributed by atoms with Crippen LogP contribution < -0.4 is 4.74 Å². The van der Waals surface area contributed by atoms with Crippen LogP contribution in [-0.4, -0.2) is 28.1 Å². The first-order valence-electron chi connectivity index (χ1n) is 11.0. The molecule has 4 nitrogen and oxygen atoms in total. The lowest BCUT2D eigenvalue weighted by atomic mass is 10.1. The fourth-order valence-corrected chi connectivity index (χ4v) is 4.26. The van der Waals surface area contributed by atoms with Gasteiger partial charge in [-0.3, -0.25) is 0 Å². The van der Waals surface area contributed by atoms with Crippen LogP contribution in [-0.2, 0) is 6.54 Å². The first kappa shape index (κ1) is 22.9. The highest BCUT2D eigenvalue weighted by Gasteiger charge is 2.21. The molecule has 0 amide bonds. The molecule has 0 aliphatic rings. The van der Waals surface area contributed by atoms with E-state index in [-0.39, 0.29) is 5.69 Å². The maximum absolute atomic E-state index is 14.0. The molecule has 0 spiro atoms. The SMILES string of the molecule is O=C(O)c1c(/C=C/CCCCl)c2cc(F)ccc2n1CCCOc1cccc2ccccc12. The Morgan fingerprint density at radius 2 is 1.88 bits per heavy atom. The predicted octanol–water partition coefficient (Wildman–Crippen LogP) is 7.13. The Morgan fingerprint density at radius 1 is 1.06 bits per heavy atom. The van der Waals surface area contributed by atoms with Crippen LogP contribution in [0.3, 0.4) is 0 Å². The van der Waals surface area contributed by atoms with E-state index in [0.29, 0.717) is 41.9 Å². The minimum absolute atomic E-state index is 0.155. The summed E-state index contributed by atoms with van der Waals surface area (Å²) in [6.07, 6.45) is 5.77. The minimum Gasteiger partial charge on any atom is -0.493 e. The first-order chi connectivity index (χ1) is 16.1. The first-order valence-corrected chi connectivity index (χ1v) is 11.5. The van der Waals surface area contributed by atoms with Crippen LogP contribution in [0.5, 0.6) is 5.75 Å². The van der Waals surface area contributed by atoms with Gasteiger partial charge >= 0.3 is 5.97 Å². The van der Waals surface area contributed by atoms with Gasteiger partial charge in [0.25, 0.3) is 0 Å². The number of hydrogen-bond acceptors (Lipinski definition) is 2. The number of carbonyl (C=O) groups is 1. The topological polar surface area (TPSA) is 51.5 Å². The second-order valence-electron chi connectivity index (χ2n) is 7.79. The lowest BCUT2D eigenvalue weighted by Gasteiger charge is -2.11. The maximum Gasteiger partial charge on any atom is 0.353 e. The zero-order valence-corrected chi connectivity index (χ0v) is 18.9. The number of allylic oxidation sites excluding steroid dienone is 1. The Bertz CT molecular complexity index is 1310. The van der Waals surface area contributed by atoms with E-state index in [4.69, 9.17) is 16.3 Å². The number of aromatic carboxylic acids is 1. The third-order valence-corrected chi connectivity index (χ3v) is 5.86. The molecule has 33 heavy (non-hydrogen) atoms. The minimum atomic E-state index is -1.04. The molecule has 0 aliphatic heterocycles. The van der Waals surface area contributed by atoms with Crippen molar-refractivity contribution in [1.82, 2.24) is 4.57 Å². The molecule has 0 radical (unpaired) electrons. The number of benzene rings is 3. The number of rotatable bonds is 10. The Labute approximate surface area is 196 Å². The summed E-state index contributed by atoms with van der Waals surface area (Å²) in [5.74, 6) is -0.109. The van der Waals surface area contributed by atoms with E-state index in [1.165, 1.54) is 12.1 Å². The van der Waals surface area contributed by atoms with Gasteiger partial charge in [-0.15, -0.1) is 11.6 Å². The van der Waals surface area contributed by atoms with Crippen molar-refractivity contribution in [2.45, 2.75) is 25.8 Å². The Hall–Kier alpha value is -3.31. The van der Waals surface area contributed by atoms with Crippen molar-refractivity contribution in [2.75, 3.05) is 12.5 Å². The molecule has 4 rings (SSSR count). The second-order valence-corrected chi connectivity index (χ2v) is 8.17. The van der Waals surface area contributed by atoms with Crippen LogP contribution in [0.25, 0.3) is 27.8 Å². The smallest absolute Gasteiger partial charge is 0.353 e. The van der Waals surface area contributed by atoms with Gasteiger partial charge in [0.2, 0.25) is 0 Å². The Kier molecular flexibility index (Phi) is 7.30. The molecule has 0 unspecified atom stereocenters. The number of aromatic nitrogens is 1. The van der Waals surface area contributed by atoms with Crippen molar-refractivity contribution < 1.29 is 19.0 Å². The van der Waals surface area contributed by atoms with Gasteiger partial charge in [0, 0.05) is 34.3 Å². The van der Waals surface area contributed by atoms with Gasteiger partial charge in [-0.1, -0.05) is 48.6 Å². The summed E-state index contributed by atoms with van der Waals surface area (Å²) >= 11 is 5.74. The van der Waals surface area contributed by atoms with Crippen molar-refractivity contribution in [3.63, 3.8) is 0 Å². The van der Waals surface area contributed by atoms with Crippen molar-refractivity contribution in [3.05, 3.63) is 83.8 Å². The molecule has 0 atom stereocenters. The number of fused-ring (bicyclic) bond motifs is 2. The van der Waals surface area contributed by atoms with E-state index in [1.807, 2.05) is 48.5 Å². The summed E-state index contributed by atoms with van der Waals surface area (Å²) in [6, 6.07) is 18.3. The van der Waals surface area contributed by atoms with Gasteiger partial charge in [0.05, 0.1) is 6.61 Å². The van der Waals surface area contributed by atoms with E-state index in [2.05, 4.69) is 0 Å². The molecule has 1 N–H and O–H groups in total. The predicted molar refractivity (Wildman–Crippen MR) is 132 cm³/mol. The van der Waals surface area contributed by atoms with Gasteiger partial charge in [0.1, 0.15) is 17.3 Å². The van der Waals surface area contributed by atoms with Gasteiger partial charge in [-0.05, 0) is 48.9 Å². The number of hydrogen-bond donors (Lipinski definition) is 1. The van der Waals surface area contributed by atoms with Crippen molar-refractivity contribution in [1.29, 1.82) is 0 Å². The van der Waals surface area contributed by atoms with E-state index in [1.54, 1.807) is 16.7 Å². The van der Waals surface area contributed by atoms with Crippen LogP contribution >= 0.6 is 11.6 Å². The maximum atomic E-state index is 14.0. The molecule has 3 aromatic carbocycles. The van der Waals surface area contributed by atoms with Crippen molar-refractivity contribution in [2.24, 2.45) is 0 Å². The summed E-state index contributed by atoms with van der Waals surface area (Å²) < 4.78 is 21.8. The monoisotopic (exact) mass is 465 g/mol. The summed E-state index contributed by atoms with van der Waals surface area (Å²) in [5.41, 5.74) is 1.36. The van der Waals surface area contributed by atoms with E-state index in [9.17, 15) is 14.3 Å². The molecule has 170 valence electrons. The zero-order chi connectivity index (χ0) is 23.2. The molecule has 0 bridgehead atoms. The van der Waals surface area contributed by atoms with Crippen LogP contribution in [0.15, 0.2) is 66.7 Å². The van der Waals surface area contributed by atoms with Crippen LogP contribution in [0.1, 0.15) is 35.3 Å². The number of carboxylic acids is 1. The van der Waals surface area contributed by atoms with E-state index in [0.717, 1.165) is 29.4 Å². The highest BCUT2D eigenvalue weighted by molar-refractivity contribution is 6.17. The van der Waals surface area contributed by atoms with Crippen molar-refractivity contribution >= 4 is 45.3 Å². The Balaban J connectivity index is 1.58. The van der Waals surface area contributed by atoms with E-state index < -0.39 is 11.8 Å². The Morgan fingerprint density at radius 3 is 2.70 bits per heavy atom. The largest absolute Gasteiger partial charge is 0.493 e. The molecular weight excluding hydrogens is 441 g/mol. The van der Waals surface area contributed by atoms with Crippen LogP contribution in [0.4, 0.5) is 4.39 Å². The van der Waals surface area contributed by atoms with Crippen LogP contribution in [0.2, 0.25) is 0 Å². The molecular formula is C27H25ClFNO3. The fourth-order valence-electron chi connectivity index (χ4n) is 4.11. The van der Waals surface area contributed by atoms with Gasteiger partial charge < -0.3 is 14.4 Å². The second kappa shape index (κ2) is 10.5. The average molecular weight is 466 g/mol. The van der Waals surface area contributed by atoms with Crippen LogP contribution in [0, 0.1) is 5.82 Å². The third kappa shape index (κ3) is 5.04. The zero-order valence-electron chi connectivity index (χ0n) is 18.1. The highest BCUT2D eigenvalue weighted by atomic mass is 35.5. The molecule has 0 saturated heterocycles. The number of halogens is 2. The molecule has 1 heterocycles. The van der Waals surface area contributed by atoms with Gasteiger partial charge in [-0.25, -0.2) is 9.18 Å². The van der Waals surface area contributed by atoms with Crippen molar-refractivity contribution in [3.8, 4) is 5.75 Å². The number of nitrogens with zero attached hydrogens (tertiary/aromatic N) is 1. The number of alkyl halides is 1. The molecule has 0 saturated carbocycles. The van der Waals surface area contributed by atoms with E-state index >= 15 is 0 Å². The lowest BCUT2D eigenvalue weighted by molar-refractivity contribution is 0.0685. The molecule has 6 heteroatoms. The third-order valence-electron chi connectivity index (χ3n) is 5.59. The number of aryl methyl sites for hydroxylation is 1. The molecule has 1 aromatic heterocycles. The highest BCUT2D eigenvalue weighted by Crippen LogP contribution is 2.30.